The normalized spacial score (nSPS) is 14.9. The summed E-state index contributed by atoms with van der Waals surface area (Å²) in [6.45, 7) is 4.11. The van der Waals surface area contributed by atoms with Gasteiger partial charge in [-0.2, -0.15) is 0 Å². The number of halogens is 1. The number of amides is 1. The van der Waals surface area contributed by atoms with Gasteiger partial charge in [-0.15, -0.1) is 11.3 Å². The highest BCUT2D eigenvalue weighted by molar-refractivity contribution is 9.11. The van der Waals surface area contributed by atoms with E-state index in [0.717, 1.165) is 15.1 Å². The second-order valence-electron chi connectivity index (χ2n) is 3.45. The van der Waals surface area contributed by atoms with E-state index in [-0.39, 0.29) is 18.0 Å². The lowest BCUT2D eigenvalue weighted by Gasteiger charge is -2.18. The zero-order valence-electron chi connectivity index (χ0n) is 8.79. The second-order valence-corrected chi connectivity index (χ2v) is 5.95. The molecule has 0 saturated heterocycles. The summed E-state index contributed by atoms with van der Waals surface area (Å²) in [7, 11) is 0. The van der Waals surface area contributed by atoms with Crippen LogP contribution in [-0.4, -0.2) is 11.9 Å². The van der Waals surface area contributed by atoms with Gasteiger partial charge in [0.05, 0.1) is 3.79 Å². The van der Waals surface area contributed by atoms with Crippen LogP contribution in [0.5, 0.6) is 0 Å². The first-order valence-electron chi connectivity index (χ1n) is 4.85. The number of carbonyl (C=O) groups is 1. The Balaban J connectivity index is 2.79. The Morgan fingerprint density at radius 1 is 1.67 bits per heavy atom. The number of carbonyl (C=O) groups excluding carboxylic acids is 1. The van der Waals surface area contributed by atoms with Crippen LogP contribution in [0, 0.1) is 0 Å². The van der Waals surface area contributed by atoms with Crippen molar-refractivity contribution in [3.05, 3.63) is 20.8 Å². The molecular formula is C10H15BrN2OS. The molecule has 1 heterocycles. The number of rotatable bonds is 5. The largest absolute Gasteiger partial charge is 0.368 e. The first kappa shape index (κ1) is 12.7. The Kier molecular flexibility index (Phi) is 4.76. The molecule has 0 bridgehead atoms. The molecule has 84 valence electrons. The van der Waals surface area contributed by atoms with E-state index in [1.165, 1.54) is 11.3 Å². The van der Waals surface area contributed by atoms with E-state index < -0.39 is 0 Å². The summed E-state index contributed by atoms with van der Waals surface area (Å²) >= 11 is 4.90. The van der Waals surface area contributed by atoms with Gasteiger partial charge in [0, 0.05) is 10.9 Å². The van der Waals surface area contributed by atoms with Crippen LogP contribution in [0.25, 0.3) is 0 Å². The monoisotopic (exact) mass is 290 g/mol. The third-order valence-corrected chi connectivity index (χ3v) is 3.92. The number of thiophene rings is 1. The van der Waals surface area contributed by atoms with Crippen LogP contribution in [0.4, 0.5) is 0 Å². The number of primary amides is 1. The second kappa shape index (κ2) is 5.63. The molecule has 3 N–H and O–H groups in total. The van der Waals surface area contributed by atoms with E-state index >= 15 is 0 Å². The summed E-state index contributed by atoms with van der Waals surface area (Å²) in [6, 6.07) is 3.74. The summed E-state index contributed by atoms with van der Waals surface area (Å²) in [4.78, 5) is 12.3. The molecule has 3 nitrogen and oxygen atoms in total. The molecular weight excluding hydrogens is 276 g/mol. The van der Waals surface area contributed by atoms with Crippen molar-refractivity contribution in [2.75, 3.05) is 0 Å². The van der Waals surface area contributed by atoms with E-state index in [9.17, 15) is 4.79 Å². The lowest BCUT2D eigenvalue weighted by atomic mass is 10.1. The fourth-order valence-corrected chi connectivity index (χ4v) is 2.68. The standard InChI is InChI=1S/C10H15BrN2OS/c1-3-6(2)13-9(10(12)14)7-4-5-8(11)15-7/h4-6,9,13H,3H2,1-2H3,(H2,12,14). The minimum absolute atomic E-state index is 0.281. The summed E-state index contributed by atoms with van der Waals surface area (Å²) < 4.78 is 1.01. The molecule has 2 atom stereocenters. The molecule has 0 aromatic carbocycles. The zero-order valence-corrected chi connectivity index (χ0v) is 11.2. The van der Waals surface area contributed by atoms with Crippen molar-refractivity contribution in [1.82, 2.24) is 5.32 Å². The fourth-order valence-electron chi connectivity index (χ4n) is 1.19. The molecule has 0 saturated carbocycles. The smallest absolute Gasteiger partial charge is 0.240 e. The van der Waals surface area contributed by atoms with Gasteiger partial charge in [-0.1, -0.05) is 6.92 Å². The van der Waals surface area contributed by atoms with Crippen LogP contribution >= 0.6 is 27.3 Å². The van der Waals surface area contributed by atoms with Crippen molar-refractivity contribution < 1.29 is 4.79 Å². The number of hydrogen-bond donors (Lipinski definition) is 2. The minimum Gasteiger partial charge on any atom is -0.368 e. The predicted octanol–water partition coefficient (Wildman–Crippen LogP) is 2.43. The van der Waals surface area contributed by atoms with Crippen molar-refractivity contribution >= 4 is 33.2 Å². The maximum Gasteiger partial charge on any atom is 0.240 e. The van der Waals surface area contributed by atoms with Crippen molar-refractivity contribution in [1.29, 1.82) is 0 Å². The van der Waals surface area contributed by atoms with Crippen LogP contribution in [-0.2, 0) is 4.79 Å². The highest BCUT2D eigenvalue weighted by Gasteiger charge is 2.20. The fraction of sp³-hybridized carbons (Fsp3) is 0.500. The highest BCUT2D eigenvalue weighted by atomic mass is 79.9. The predicted molar refractivity (Wildman–Crippen MR) is 66.8 cm³/mol. The van der Waals surface area contributed by atoms with E-state index in [4.69, 9.17) is 5.73 Å². The molecule has 0 aliphatic rings. The molecule has 1 aromatic rings. The first-order valence-corrected chi connectivity index (χ1v) is 6.46. The van der Waals surface area contributed by atoms with Gasteiger partial charge in [0.1, 0.15) is 6.04 Å². The Morgan fingerprint density at radius 2 is 2.33 bits per heavy atom. The van der Waals surface area contributed by atoms with Crippen molar-refractivity contribution in [2.45, 2.75) is 32.4 Å². The molecule has 0 spiro atoms. The molecule has 0 radical (unpaired) electrons. The van der Waals surface area contributed by atoms with Crippen LogP contribution in [0.1, 0.15) is 31.2 Å². The maximum atomic E-state index is 11.3. The van der Waals surface area contributed by atoms with Gasteiger partial charge in [0.25, 0.3) is 0 Å². The summed E-state index contributed by atoms with van der Waals surface area (Å²) in [5.74, 6) is -0.329. The summed E-state index contributed by atoms with van der Waals surface area (Å²) in [5.41, 5.74) is 5.37. The minimum atomic E-state index is -0.378. The van der Waals surface area contributed by atoms with Gasteiger partial charge in [-0.25, -0.2) is 0 Å². The van der Waals surface area contributed by atoms with Crippen LogP contribution in [0.3, 0.4) is 0 Å². The molecule has 5 heteroatoms. The average molecular weight is 291 g/mol. The topological polar surface area (TPSA) is 55.1 Å². The van der Waals surface area contributed by atoms with Gasteiger partial charge in [0.2, 0.25) is 5.91 Å². The summed E-state index contributed by atoms with van der Waals surface area (Å²) in [6.07, 6.45) is 0.969. The van der Waals surface area contributed by atoms with Crippen molar-refractivity contribution in [3.8, 4) is 0 Å². The molecule has 2 unspecified atom stereocenters. The SMILES string of the molecule is CCC(C)NC(C(N)=O)c1ccc(Br)s1. The highest BCUT2D eigenvalue weighted by Crippen LogP contribution is 2.27. The Labute approximate surface area is 102 Å². The first-order chi connectivity index (χ1) is 7.04. The molecule has 0 aliphatic heterocycles. The van der Waals surface area contributed by atoms with E-state index in [2.05, 4.69) is 28.2 Å². The van der Waals surface area contributed by atoms with E-state index in [0.29, 0.717) is 0 Å². The van der Waals surface area contributed by atoms with Gasteiger partial charge >= 0.3 is 0 Å². The summed E-state index contributed by atoms with van der Waals surface area (Å²) in [5, 5.41) is 3.21. The molecule has 0 fully saturated rings. The van der Waals surface area contributed by atoms with Gasteiger partial charge in [-0.05, 0) is 41.4 Å². The number of hydrogen-bond acceptors (Lipinski definition) is 3. The number of nitrogens with one attached hydrogen (secondary N) is 1. The zero-order chi connectivity index (χ0) is 11.4. The Morgan fingerprint density at radius 3 is 2.73 bits per heavy atom. The van der Waals surface area contributed by atoms with Crippen LogP contribution in [0.15, 0.2) is 15.9 Å². The maximum absolute atomic E-state index is 11.3. The molecule has 15 heavy (non-hydrogen) atoms. The van der Waals surface area contributed by atoms with E-state index in [1.54, 1.807) is 0 Å². The Hall–Kier alpha value is -0.390. The van der Waals surface area contributed by atoms with Crippen LogP contribution < -0.4 is 11.1 Å². The third kappa shape index (κ3) is 3.59. The lowest BCUT2D eigenvalue weighted by Crippen LogP contribution is -2.38. The number of nitrogens with two attached hydrogens (primary N) is 1. The third-order valence-electron chi connectivity index (χ3n) is 2.23. The van der Waals surface area contributed by atoms with Gasteiger partial charge in [-0.3, -0.25) is 10.1 Å². The van der Waals surface area contributed by atoms with Gasteiger partial charge in [0.15, 0.2) is 0 Å². The van der Waals surface area contributed by atoms with Crippen molar-refractivity contribution in [3.63, 3.8) is 0 Å². The molecule has 1 amide bonds. The average Bonchev–Trinajstić information content (AvgIpc) is 2.60. The molecule has 1 rings (SSSR count). The van der Waals surface area contributed by atoms with Crippen LogP contribution in [0.2, 0.25) is 0 Å². The van der Waals surface area contributed by atoms with E-state index in [1.807, 2.05) is 19.1 Å². The molecule has 0 aliphatic carbocycles. The Bertz CT molecular complexity index is 340. The quantitative estimate of drug-likeness (QED) is 0.875. The lowest BCUT2D eigenvalue weighted by molar-refractivity contribution is -0.120. The molecule has 1 aromatic heterocycles. The van der Waals surface area contributed by atoms with Gasteiger partial charge < -0.3 is 5.73 Å². The van der Waals surface area contributed by atoms with Crippen molar-refractivity contribution in [2.24, 2.45) is 5.73 Å².